The van der Waals surface area contributed by atoms with E-state index < -0.39 is 0 Å². The van der Waals surface area contributed by atoms with E-state index in [0.29, 0.717) is 5.56 Å². The lowest BCUT2D eigenvalue weighted by molar-refractivity contribution is -0.121. The first-order chi connectivity index (χ1) is 12.2. The second-order valence-electron chi connectivity index (χ2n) is 5.56. The van der Waals surface area contributed by atoms with Crippen molar-refractivity contribution in [3.63, 3.8) is 0 Å². The van der Waals surface area contributed by atoms with Crippen molar-refractivity contribution in [2.45, 2.75) is 19.4 Å². The molecule has 25 heavy (non-hydrogen) atoms. The third-order valence-corrected chi connectivity index (χ3v) is 4.61. The summed E-state index contributed by atoms with van der Waals surface area (Å²) in [5.41, 5.74) is 3.10. The molecule has 0 bridgehead atoms. The first-order valence-electron chi connectivity index (χ1n) is 7.81. The van der Waals surface area contributed by atoms with Crippen LogP contribution in [0.4, 0.5) is 0 Å². The molecule has 1 aromatic carbocycles. The molecule has 2 aromatic heterocycles. The molecule has 0 fully saturated rings. The number of aromatic nitrogens is 2. The highest BCUT2D eigenvalue weighted by Crippen LogP contribution is 2.21. The zero-order valence-electron chi connectivity index (χ0n) is 13.6. The van der Waals surface area contributed by atoms with E-state index in [9.17, 15) is 4.79 Å². The van der Waals surface area contributed by atoms with E-state index in [0.717, 1.165) is 22.0 Å². The minimum absolute atomic E-state index is 0.0882. The maximum absolute atomic E-state index is 12.3. The number of rotatable bonds is 5. The molecule has 0 aliphatic carbocycles. The van der Waals surface area contributed by atoms with Crippen molar-refractivity contribution in [2.24, 2.45) is 0 Å². The molecule has 0 aliphatic heterocycles. The summed E-state index contributed by atoms with van der Waals surface area (Å²) in [6.07, 6.45) is 1.95. The Morgan fingerprint density at radius 2 is 2.08 bits per heavy atom. The van der Waals surface area contributed by atoms with Crippen LogP contribution in [0.1, 0.15) is 29.8 Å². The van der Waals surface area contributed by atoms with Gasteiger partial charge in [0.25, 0.3) is 0 Å². The molecule has 0 spiro atoms. The Hall–Kier alpha value is -3.04. The second-order valence-corrected chi connectivity index (χ2v) is 6.42. The van der Waals surface area contributed by atoms with Gasteiger partial charge in [-0.15, -0.1) is 11.3 Å². The van der Waals surface area contributed by atoms with Gasteiger partial charge in [-0.25, -0.2) is 4.98 Å². The van der Waals surface area contributed by atoms with E-state index in [2.05, 4.69) is 21.4 Å². The van der Waals surface area contributed by atoms with Crippen molar-refractivity contribution >= 4 is 17.2 Å². The number of nitriles is 1. The van der Waals surface area contributed by atoms with Crippen LogP contribution in [0.5, 0.6) is 0 Å². The molecular formula is C19H16N4OS. The van der Waals surface area contributed by atoms with Gasteiger partial charge >= 0.3 is 0 Å². The topological polar surface area (TPSA) is 78.7 Å². The van der Waals surface area contributed by atoms with Crippen molar-refractivity contribution in [2.75, 3.05) is 0 Å². The summed E-state index contributed by atoms with van der Waals surface area (Å²) < 4.78 is 0. The molecule has 1 unspecified atom stereocenters. The zero-order chi connectivity index (χ0) is 17.6. The summed E-state index contributed by atoms with van der Waals surface area (Å²) in [5, 5.41) is 14.5. The molecule has 5 nitrogen and oxygen atoms in total. The van der Waals surface area contributed by atoms with E-state index in [1.165, 1.54) is 11.3 Å². The van der Waals surface area contributed by atoms with Gasteiger partial charge in [-0.2, -0.15) is 5.26 Å². The number of carbonyl (C=O) groups excluding carboxylic acids is 1. The van der Waals surface area contributed by atoms with E-state index in [1.54, 1.807) is 18.3 Å². The van der Waals surface area contributed by atoms with Gasteiger partial charge in [-0.3, -0.25) is 9.78 Å². The maximum Gasteiger partial charge on any atom is 0.226 e. The highest BCUT2D eigenvalue weighted by molar-refractivity contribution is 7.13. The molecule has 0 saturated carbocycles. The van der Waals surface area contributed by atoms with E-state index in [1.807, 2.05) is 42.6 Å². The standard InChI is InChI=1S/C19H16N4OS/c1-13(15-7-5-14(11-20)6-8-15)22-18(24)10-16-12-25-19(23-16)17-4-2-3-9-21-17/h2-9,12-13H,10H2,1H3,(H,22,24). The molecule has 1 N–H and O–H groups in total. The first kappa shape index (κ1) is 16.8. The van der Waals surface area contributed by atoms with Gasteiger partial charge in [0.1, 0.15) is 5.01 Å². The Bertz CT molecular complexity index is 897. The Morgan fingerprint density at radius 3 is 2.76 bits per heavy atom. The Balaban J connectivity index is 1.61. The molecule has 0 saturated heterocycles. The lowest BCUT2D eigenvalue weighted by atomic mass is 10.1. The summed E-state index contributed by atoms with van der Waals surface area (Å²) in [6.45, 7) is 1.92. The van der Waals surface area contributed by atoms with Crippen molar-refractivity contribution in [3.05, 3.63) is 70.9 Å². The summed E-state index contributed by atoms with van der Waals surface area (Å²) in [7, 11) is 0. The minimum atomic E-state index is -0.130. The quantitative estimate of drug-likeness (QED) is 0.765. The van der Waals surface area contributed by atoms with E-state index >= 15 is 0 Å². The smallest absolute Gasteiger partial charge is 0.226 e. The molecule has 124 valence electrons. The molecule has 2 heterocycles. The van der Waals surface area contributed by atoms with Crippen molar-refractivity contribution < 1.29 is 4.79 Å². The highest BCUT2D eigenvalue weighted by Gasteiger charge is 2.13. The molecule has 0 radical (unpaired) electrons. The van der Waals surface area contributed by atoms with Crippen LogP contribution in [-0.2, 0) is 11.2 Å². The van der Waals surface area contributed by atoms with Gasteiger partial charge in [0.2, 0.25) is 5.91 Å². The molecule has 3 rings (SSSR count). The minimum Gasteiger partial charge on any atom is -0.349 e. The lowest BCUT2D eigenvalue weighted by Gasteiger charge is -2.14. The summed E-state index contributed by atoms with van der Waals surface area (Å²) >= 11 is 1.48. The van der Waals surface area contributed by atoms with Crippen molar-refractivity contribution in [1.29, 1.82) is 5.26 Å². The van der Waals surface area contributed by atoms with Gasteiger partial charge in [0.15, 0.2) is 0 Å². The van der Waals surface area contributed by atoms with Crippen molar-refractivity contribution in [1.82, 2.24) is 15.3 Å². The predicted octanol–water partition coefficient (Wildman–Crippen LogP) is 3.50. The van der Waals surface area contributed by atoms with Crippen molar-refractivity contribution in [3.8, 4) is 16.8 Å². The van der Waals surface area contributed by atoms with Gasteiger partial charge in [0.05, 0.1) is 35.5 Å². The summed E-state index contributed by atoms with van der Waals surface area (Å²) in [6, 6.07) is 14.8. The largest absolute Gasteiger partial charge is 0.349 e. The van der Waals surface area contributed by atoms with Gasteiger partial charge in [0, 0.05) is 11.6 Å². The van der Waals surface area contributed by atoms with Crippen LogP contribution >= 0.6 is 11.3 Å². The monoisotopic (exact) mass is 348 g/mol. The number of pyridine rings is 1. The number of amides is 1. The van der Waals surface area contributed by atoms with Crippen LogP contribution < -0.4 is 5.32 Å². The predicted molar refractivity (Wildman–Crippen MR) is 96.8 cm³/mol. The molecule has 1 amide bonds. The van der Waals surface area contributed by atoms with E-state index in [-0.39, 0.29) is 18.4 Å². The number of nitrogens with one attached hydrogen (secondary N) is 1. The number of nitrogens with zero attached hydrogens (tertiary/aromatic N) is 3. The van der Waals surface area contributed by atoms with Crippen LogP contribution in [0.15, 0.2) is 54.0 Å². The fourth-order valence-corrected chi connectivity index (χ4v) is 3.18. The molecule has 1 atom stereocenters. The van der Waals surface area contributed by atoms with Crippen LogP contribution in [0.2, 0.25) is 0 Å². The van der Waals surface area contributed by atoms with Gasteiger partial charge in [-0.1, -0.05) is 18.2 Å². The molecule has 3 aromatic rings. The number of hydrogen-bond acceptors (Lipinski definition) is 5. The van der Waals surface area contributed by atoms with Crippen LogP contribution in [0, 0.1) is 11.3 Å². The SMILES string of the molecule is CC(NC(=O)Cc1csc(-c2ccccn2)n1)c1ccc(C#N)cc1. The van der Waals surface area contributed by atoms with Crippen LogP contribution in [-0.4, -0.2) is 15.9 Å². The Labute approximate surface area is 150 Å². The van der Waals surface area contributed by atoms with Crippen LogP contribution in [0.25, 0.3) is 10.7 Å². The third kappa shape index (κ3) is 4.28. The molecule has 0 aliphatic rings. The maximum atomic E-state index is 12.3. The first-order valence-corrected chi connectivity index (χ1v) is 8.69. The Morgan fingerprint density at radius 1 is 1.28 bits per heavy atom. The number of benzene rings is 1. The number of hydrogen-bond donors (Lipinski definition) is 1. The van der Waals surface area contributed by atoms with Gasteiger partial charge in [-0.05, 0) is 36.8 Å². The lowest BCUT2D eigenvalue weighted by Crippen LogP contribution is -2.28. The van der Waals surface area contributed by atoms with Crippen LogP contribution in [0.3, 0.4) is 0 Å². The van der Waals surface area contributed by atoms with E-state index in [4.69, 9.17) is 5.26 Å². The Kier molecular flexibility index (Phi) is 5.17. The summed E-state index contributed by atoms with van der Waals surface area (Å²) in [5.74, 6) is -0.0882. The number of thiazole rings is 1. The fraction of sp³-hybridized carbons (Fsp3) is 0.158. The molecular weight excluding hydrogens is 332 g/mol. The second kappa shape index (κ2) is 7.69. The highest BCUT2D eigenvalue weighted by atomic mass is 32.1. The fourth-order valence-electron chi connectivity index (χ4n) is 2.38. The summed E-state index contributed by atoms with van der Waals surface area (Å²) in [4.78, 5) is 21.0. The molecule has 6 heteroatoms. The van der Waals surface area contributed by atoms with Gasteiger partial charge < -0.3 is 5.32 Å². The average molecular weight is 348 g/mol. The normalized spacial score (nSPS) is 11.5. The third-order valence-electron chi connectivity index (χ3n) is 3.69. The zero-order valence-corrected chi connectivity index (χ0v) is 14.5. The average Bonchev–Trinajstić information content (AvgIpc) is 3.10. The number of carbonyl (C=O) groups is 1.